The van der Waals surface area contributed by atoms with Crippen molar-refractivity contribution in [1.29, 1.82) is 0 Å². The molecule has 3 N–H and O–H groups in total. The van der Waals surface area contributed by atoms with Crippen molar-refractivity contribution in [3.05, 3.63) is 11.6 Å². The zero-order valence-corrected chi connectivity index (χ0v) is 25.3. The molecule has 7 nitrogen and oxygen atoms in total. The number of carbonyl (C=O) groups excluding carboxylic acids is 1. The first-order chi connectivity index (χ1) is 18.0. The molecule has 1 saturated heterocycles. The number of esters is 1. The van der Waals surface area contributed by atoms with Gasteiger partial charge in [0.2, 0.25) is 0 Å². The first-order valence-electron chi connectivity index (χ1n) is 15.1. The number of carboxylic acid groups (broad SMARTS) is 1. The number of hydrogen-bond acceptors (Lipinski definition) is 6. The van der Waals surface area contributed by atoms with Crippen LogP contribution in [0.25, 0.3) is 0 Å². The Morgan fingerprint density at radius 2 is 1.72 bits per heavy atom. The Kier molecular flexibility index (Phi) is 6.54. The van der Waals surface area contributed by atoms with Gasteiger partial charge in [0.1, 0.15) is 6.10 Å². The first-order valence-corrected chi connectivity index (χ1v) is 15.1. The second-order valence-electron chi connectivity index (χ2n) is 15.4. The van der Waals surface area contributed by atoms with Gasteiger partial charge in [-0.25, -0.2) is 0 Å². The van der Waals surface area contributed by atoms with Crippen LogP contribution in [0.4, 0.5) is 0 Å². The molecule has 0 amide bonds. The minimum absolute atomic E-state index is 0.117. The molecule has 0 aromatic heterocycles. The number of fused-ring (bicyclic) bond motifs is 6. The largest absolute Gasteiger partial charge is 0.481 e. The molecule has 1 spiro atoms. The summed E-state index contributed by atoms with van der Waals surface area (Å²) in [6.45, 7) is 17.1. The summed E-state index contributed by atoms with van der Waals surface area (Å²) in [5.41, 5.74) is -2.01. The number of aliphatic carboxylic acids is 1. The number of rotatable bonds is 5. The normalized spacial score (nSPS) is 52.4. The third kappa shape index (κ3) is 3.39. The standard InChI is InChI=1S/C32H51NO6/c1-19(2)10-9-13-31(26(36)37)17-32(31)24(39-21(4)34)16-29(7)28(6)15-11-22-20(3)23(35)12-14-27(22,5)25(28)33(38)18-30(29,32)8/h10,20,22-25,35,38H,9,11-18H2,1-8H3,(H,36,37)/t20-,22?,23+,24-,25-,27-,28-,29+,30+,31?,32-/m0/s1. The molecule has 11 atom stereocenters. The molecular weight excluding hydrogens is 494 g/mol. The number of hydroxylamine groups is 2. The van der Waals surface area contributed by atoms with Crippen LogP contribution in [0, 0.1) is 44.3 Å². The second-order valence-corrected chi connectivity index (χ2v) is 15.4. The molecule has 5 rings (SSSR count). The van der Waals surface area contributed by atoms with E-state index in [9.17, 15) is 25.0 Å². The van der Waals surface area contributed by atoms with Gasteiger partial charge in [-0.15, -0.1) is 0 Å². The van der Waals surface area contributed by atoms with Crippen molar-refractivity contribution in [3.8, 4) is 0 Å². The highest BCUT2D eigenvalue weighted by atomic mass is 16.5. The minimum Gasteiger partial charge on any atom is -0.481 e. The fourth-order valence-electron chi connectivity index (χ4n) is 11.7. The Balaban J connectivity index is 1.63. The number of nitrogens with zero attached hydrogens (tertiary/aromatic N) is 1. The van der Waals surface area contributed by atoms with Gasteiger partial charge in [0.25, 0.3) is 0 Å². The molecule has 1 heterocycles. The van der Waals surface area contributed by atoms with Gasteiger partial charge in [0.05, 0.1) is 11.5 Å². The van der Waals surface area contributed by atoms with Crippen molar-refractivity contribution in [1.82, 2.24) is 5.06 Å². The van der Waals surface area contributed by atoms with E-state index < -0.39 is 28.3 Å². The summed E-state index contributed by atoms with van der Waals surface area (Å²) in [7, 11) is 0. The highest BCUT2D eigenvalue weighted by Gasteiger charge is 2.90. The summed E-state index contributed by atoms with van der Waals surface area (Å²) in [4.78, 5) is 25.6. The lowest BCUT2D eigenvalue weighted by atomic mass is 9.38. The van der Waals surface area contributed by atoms with E-state index in [1.165, 1.54) is 6.92 Å². The van der Waals surface area contributed by atoms with Crippen LogP contribution in [-0.4, -0.2) is 57.2 Å². The maximum Gasteiger partial charge on any atom is 0.310 e. The summed E-state index contributed by atoms with van der Waals surface area (Å²) >= 11 is 0. The average Bonchev–Trinajstić information content (AvgIpc) is 3.47. The Morgan fingerprint density at radius 3 is 2.31 bits per heavy atom. The van der Waals surface area contributed by atoms with Gasteiger partial charge in [-0.1, -0.05) is 46.3 Å². The lowest BCUT2D eigenvalue weighted by Crippen LogP contribution is -2.74. The van der Waals surface area contributed by atoms with Crippen LogP contribution in [0.2, 0.25) is 0 Å². The van der Waals surface area contributed by atoms with Crippen LogP contribution in [0.1, 0.15) is 107 Å². The maximum absolute atomic E-state index is 13.2. The topological polar surface area (TPSA) is 107 Å². The van der Waals surface area contributed by atoms with Gasteiger partial charge in [-0.05, 0) is 98.7 Å². The van der Waals surface area contributed by atoms with E-state index in [-0.39, 0.29) is 40.3 Å². The fraction of sp³-hybridized carbons (Fsp3) is 0.875. The summed E-state index contributed by atoms with van der Waals surface area (Å²) < 4.78 is 6.12. The van der Waals surface area contributed by atoms with Crippen LogP contribution >= 0.6 is 0 Å². The quantitative estimate of drug-likeness (QED) is 0.295. The molecule has 7 heteroatoms. The molecule has 2 unspecified atom stereocenters. The first kappa shape index (κ1) is 29.1. The van der Waals surface area contributed by atoms with E-state index in [1.807, 2.05) is 13.8 Å². The van der Waals surface area contributed by atoms with Crippen molar-refractivity contribution in [2.75, 3.05) is 6.54 Å². The number of ether oxygens (including phenoxy) is 1. The number of piperidine rings is 1. The number of aliphatic hydroxyl groups excluding tert-OH is 1. The molecule has 0 radical (unpaired) electrons. The molecule has 39 heavy (non-hydrogen) atoms. The van der Waals surface area contributed by atoms with E-state index in [2.05, 4.69) is 40.7 Å². The minimum atomic E-state index is -1.000. The predicted molar refractivity (Wildman–Crippen MR) is 148 cm³/mol. The van der Waals surface area contributed by atoms with Gasteiger partial charge >= 0.3 is 11.9 Å². The third-order valence-corrected chi connectivity index (χ3v) is 13.8. The van der Waals surface area contributed by atoms with Crippen molar-refractivity contribution < 1.29 is 29.7 Å². The van der Waals surface area contributed by atoms with Crippen molar-refractivity contribution in [2.45, 2.75) is 125 Å². The number of aliphatic hydroxyl groups is 1. The molecule has 5 aliphatic rings. The lowest BCUT2D eigenvalue weighted by molar-refractivity contribution is -0.323. The van der Waals surface area contributed by atoms with Gasteiger partial charge < -0.3 is 20.2 Å². The van der Waals surface area contributed by atoms with Gasteiger partial charge in [-0.3, -0.25) is 9.59 Å². The number of allylic oxidation sites excluding steroid dienone is 2. The van der Waals surface area contributed by atoms with E-state index in [0.29, 0.717) is 38.1 Å². The smallest absolute Gasteiger partial charge is 0.310 e. The summed E-state index contributed by atoms with van der Waals surface area (Å²) in [6, 6.07) is -0.117. The summed E-state index contributed by atoms with van der Waals surface area (Å²) in [5.74, 6) is -0.696. The van der Waals surface area contributed by atoms with Gasteiger partial charge in [0.15, 0.2) is 0 Å². The van der Waals surface area contributed by atoms with E-state index in [1.54, 1.807) is 5.06 Å². The highest BCUT2D eigenvalue weighted by Crippen LogP contribution is 2.88. The fourth-order valence-corrected chi connectivity index (χ4v) is 11.7. The molecule has 5 fully saturated rings. The SMILES string of the molecule is CC(=O)O[C@H]1C[C@@]2(C)[C@@](C)(CN(O)[C@H]3[C@@]4(C)CC[C@@H](O)[C@@H](C)C4CC[C@@]32C)[C@]12CC2(CCC=C(C)C)C(=O)O. The predicted octanol–water partition coefficient (Wildman–Crippen LogP) is 5.83. The second kappa shape index (κ2) is 8.78. The molecule has 0 aromatic carbocycles. The summed E-state index contributed by atoms with van der Waals surface area (Å²) in [6.07, 6.45) is 6.97. The molecule has 220 valence electrons. The lowest BCUT2D eigenvalue weighted by Gasteiger charge is -2.71. The van der Waals surface area contributed by atoms with Crippen LogP contribution in [0.15, 0.2) is 11.6 Å². The number of carbonyl (C=O) groups is 2. The van der Waals surface area contributed by atoms with Crippen molar-refractivity contribution in [3.63, 3.8) is 0 Å². The number of hydrogen-bond donors (Lipinski definition) is 3. The zero-order chi connectivity index (χ0) is 29.0. The van der Waals surface area contributed by atoms with Crippen LogP contribution in [0.3, 0.4) is 0 Å². The maximum atomic E-state index is 13.2. The van der Waals surface area contributed by atoms with Crippen molar-refractivity contribution in [2.24, 2.45) is 44.3 Å². The van der Waals surface area contributed by atoms with E-state index in [0.717, 1.165) is 31.3 Å². The molecule has 4 aliphatic carbocycles. The van der Waals surface area contributed by atoms with Crippen molar-refractivity contribution >= 4 is 11.9 Å². The Morgan fingerprint density at radius 1 is 1.05 bits per heavy atom. The summed E-state index contributed by atoms with van der Waals surface area (Å²) in [5, 5.41) is 35.1. The third-order valence-electron chi connectivity index (χ3n) is 13.8. The van der Waals surface area contributed by atoms with Crippen LogP contribution < -0.4 is 0 Å². The van der Waals surface area contributed by atoms with E-state index >= 15 is 0 Å². The number of carboxylic acids is 1. The highest BCUT2D eigenvalue weighted by molar-refractivity contribution is 5.81. The Labute approximate surface area is 234 Å². The molecule has 1 aliphatic heterocycles. The molecule has 4 saturated carbocycles. The van der Waals surface area contributed by atoms with Crippen LogP contribution in [-0.2, 0) is 14.3 Å². The average molecular weight is 546 g/mol. The zero-order valence-electron chi connectivity index (χ0n) is 25.3. The van der Waals surface area contributed by atoms with Gasteiger partial charge in [0, 0.05) is 24.9 Å². The van der Waals surface area contributed by atoms with Crippen LogP contribution in [0.5, 0.6) is 0 Å². The van der Waals surface area contributed by atoms with Gasteiger partial charge in [-0.2, -0.15) is 5.06 Å². The molecule has 0 bridgehead atoms. The Bertz CT molecular complexity index is 1090. The Hall–Kier alpha value is -1.44. The monoisotopic (exact) mass is 545 g/mol. The molecule has 0 aromatic rings. The molecular formula is C32H51NO6. The van der Waals surface area contributed by atoms with E-state index in [4.69, 9.17) is 4.74 Å².